The van der Waals surface area contributed by atoms with Gasteiger partial charge in [-0.25, -0.2) is 4.39 Å². The van der Waals surface area contributed by atoms with Gasteiger partial charge in [-0.3, -0.25) is 0 Å². The molecule has 0 bridgehead atoms. The first-order valence-corrected chi connectivity index (χ1v) is 4.25. The molecule has 0 aliphatic carbocycles. The first-order valence-electron chi connectivity index (χ1n) is 3.46. The van der Waals surface area contributed by atoms with E-state index in [-0.39, 0.29) is 16.3 Å². The summed E-state index contributed by atoms with van der Waals surface area (Å²) in [6.45, 7) is 1.76. The van der Waals surface area contributed by atoms with Gasteiger partial charge in [0.25, 0.3) is 0 Å². The quantitative estimate of drug-likeness (QED) is 0.783. The number of aromatic hydroxyl groups is 1. The fraction of sp³-hybridized carbons (Fsp3) is 0.250. The average molecular weight is 234 g/mol. The molecule has 4 heteroatoms. The van der Waals surface area contributed by atoms with E-state index >= 15 is 0 Å². The van der Waals surface area contributed by atoms with Crippen molar-refractivity contribution in [3.05, 3.63) is 28.0 Å². The summed E-state index contributed by atoms with van der Waals surface area (Å²) in [4.78, 5) is 0. The molecule has 0 fully saturated rings. The van der Waals surface area contributed by atoms with Crippen molar-refractivity contribution in [3.8, 4) is 5.75 Å². The molecule has 0 radical (unpaired) electrons. The van der Waals surface area contributed by atoms with Gasteiger partial charge >= 0.3 is 0 Å². The van der Waals surface area contributed by atoms with Crippen molar-refractivity contribution < 1.29 is 9.50 Å². The number of halogens is 2. The summed E-state index contributed by atoms with van der Waals surface area (Å²) in [6.07, 6.45) is 0. The minimum atomic E-state index is -0.653. The maximum Gasteiger partial charge on any atom is 0.178 e. The Bertz CT molecular complexity index is 278. The van der Waals surface area contributed by atoms with Crippen molar-refractivity contribution >= 4 is 15.9 Å². The van der Waals surface area contributed by atoms with Gasteiger partial charge in [0.15, 0.2) is 11.6 Å². The molecule has 12 heavy (non-hydrogen) atoms. The van der Waals surface area contributed by atoms with Gasteiger partial charge in [-0.1, -0.05) is 0 Å². The Labute approximate surface area is 78.3 Å². The van der Waals surface area contributed by atoms with Crippen LogP contribution in [0.15, 0.2) is 16.6 Å². The Morgan fingerprint density at radius 3 is 2.58 bits per heavy atom. The minimum Gasteiger partial charge on any atom is -0.505 e. The van der Waals surface area contributed by atoms with Crippen LogP contribution in [-0.2, 0) is 0 Å². The zero-order valence-electron chi connectivity index (χ0n) is 6.51. The molecule has 0 saturated carbocycles. The van der Waals surface area contributed by atoms with Crippen LogP contribution in [0.25, 0.3) is 0 Å². The van der Waals surface area contributed by atoms with Gasteiger partial charge in [0.1, 0.15) is 0 Å². The Kier molecular flexibility index (Phi) is 2.69. The van der Waals surface area contributed by atoms with E-state index in [9.17, 15) is 4.39 Å². The van der Waals surface area contributed by atoms with Crippen molar-refractivity contribution in [2.24, 2.45) is 5.73 Å². The predicted molar refractivity (Wildman–Crippen MR) is 48.4 cm³/mol. The number of phenols is 1. The van der Waals surface area contributed by atoms with Crippen molar-refractivity contribution in [1.29, 1.82) is 0 Å². The minimum absolute atomic E-state index is 0.215. The fourth-order valence-corrected chi connectivity index (χ4v) is 1.33. The van der Waals surface area contributed by atoms with Gasteiger partial charge in [-0.2, -0.15) is 0 Å². The molecule has 0 saturated heterocycles. The number of benzene rings is 1. The average Bonchev–Trinajstić information content (AvgIpc) is 1.99. The normalized spacial score (nSPS) is 13.0. The van der Waals surface area contributed by atoms with E-state index in [2.05, 4.69) is 15.9 Å². The summed E-state index contributed by atoms with van der Waals surface area (Å²) in [7, 11) is 0. The van der Waals surface area contributed by atoms with E-state index in [0.29, 0.717) is 5.56 Å². The maximum atomic E-state index is 12.8. The van der Waals surface area contributed by atoms with E-state index in [1.165, 1.54) is 6.07 Å². The van der Waals surface area contributed by atoms with Crippen molar-refractivity contribution in [2.75, 3.05) is 0 Å². The molecule has 0 amide bonds. The highest BCUT2D eigenvalue weighted by molar-refractivity contribution is 9.10. The molecule has 1 unspecified atom stereocenters. The van der Waals surface area contributed by atoms with Gasteiger partial charge in [0, 0.05) is 6.04 Å². The van der Waals surface area contributed by atoms with E-state index in [0.717, 1.165) is 0 Å². The van der Waals surface area contributed by atoms with E-state index in [1.54, 1.807) is 13.0 Å². The molecule has 0 heterocycles. The second-order valence-corrected chi connectivity index (χ2v) is 3.48. The first-order chi connectivity index (χ1) is 5.52. The standard InChI is InChI=1S/C8H9BrFNO/c1-4(11)5-2-6(9)8(10)7(12)3-5/h2-4,12H,11H2,1H3. The summed E-state index contributed by atoms with van der Waals surface area (Å²) in [6, 6.07) is 2.66. The van der Waals surface area contributed by atoms with Gasteiger partial charge in [-0.05, 0) is 40.5 Å². The number of rotatable bonds is 1. The number of nitrogens with two attached hydrogens (primary N) is 1. The van der Waals surface area contributed by atoms with Crippen LogP contribution in [0.5, 0.6) is 5.75 Å². The lowest BCUT2D eigenvalue weighted by atomic mass is 10.1. The molecule has 3 N–H and O–H groups in total. The van der Waals surface area contributed by atoms with Crippen LogP contribution in [0.2, 0.25) is 0 Å². The number of hydrogen-bond acceptors (Lipinski definition) is 2. The van der Waals surface area contributed by atoms with Crippen LogP contribution >= 0.6 is 15.9 Å². The molecule has 0 aliphatic rings. The monoisotopic (exact) mass is 233 g/mol. The fourth-order valence-electron chi connectivity index (χ4n) is 0.858. The summed E-state index contributed by atoms with van der Waals surface area (Å²) >= 11 is 2.97. The topological polar surface area (TPSA) is 46.2 Å². The molecule has 2 nitrogen and oxygen atoms in total. The Balaban J connectivity index is 3.21. The van der Waals surface area contributed by atoms with Crippen LogP contribution in [0.4, 0.5) is 4.39 Å². The second-order valence-electron chi connectivity index (χ2n) is 2.62. The molecule has 1 rings (SSSR count). The first kappa shape index (κ1) is 9.48. The molecular weight excluding hydrogens is 225 g/mol. The van der Waals surface area contributed by atoms with Gasteiger partial charge in [-0.15, -0.1) is 0 Å². The summed E-state index contributed by atoms with van der Waals surface area (Å²) < 4.78 is 13.1. The lowest BCUT2D eigenvalue weighted by molar-refractivity contribution is 0.429. The van der Waals surface area contributed by atoms with Crippen LogP contribution < -0.4 is 5.73 Å². The second kappa shape index (κ2) is 3.41. The summed E-state index contributed by atoms with van der Waals surface area (Å²) in [5.41, 5.74) is 6.24. The molecule has 66 valence electrons. The third kappa shape index (κ3) is 1.76. The highest BCUT2D eigenvalue weighted by atomic mass is 79.9. The predicted octanol–water partition coefficient (Wildman–Crippen LogP) is 2.31. The van der Waals surface area contributed by atoms with E-state index in [1.807, 2.05) is 0 Å². The molecule has 0 spiro atoms. The third-order valence-corrected chi connectivity index (χ3v) is 2.13. The lowest BCUT2D eigenvalue weighted by Crippen LogP contribution is -2.05. The third-order valence-electron chi connectivity index (χ3n) is 1.56. The Morgan fingerprint density at radius 2 is 2.17 bits per heavy atom. The van der Waals surface area contributed by atoms with Crippen LogP contribution in [0.1, 0.15) is 18.5 Å². The van der Waals surface area contributed by atoms with Crippen LogP contribution in [-0.4, -0.2) is 5.11 Å². The SMILES string of the molecule is CC(N)c1cc(O)c(F)c(Br)c1. The smallest absolute Gasteiger partial charge is 0.178 e. The Morgan fingerprint density at radius 1 is 1.58 bits per heavy atom. The van der Waals surface area contributed by atoms with Gasteiger partial charge in [0.2, 0.25) is 0 Å². The highest BCUT2D eigenvalue weighted by Gasteiger charge is 2.09. The molecule has 1 aromatic rings. The van der Waals surface area contributed by atoms with Crippen molar-refractivity contribution in [1.82, 2.24) is 0 Å². The summed E-state index contributed by atoms with van der Waals surface area (Å²) in [5.74, 6) is -1.03. The van der Waals surface area contributed by atoms with E-state index in [4.69, 9.17) is 10.8 Å². The lowest BCUT2D eigenvalue weighted by Gasteiger charge is -2.07. The molecule has 1 aromatic carbocycles. The van der Waals surface area contributed by atoms with Crippen molar-refractivity contribution in [3.63, 3.8) is 0 Å². The highest BCUT2D eigenvalue weighted by Crippen LogP contribution is 2.27. The molecule has 0 aliphatic heterocycles. The van der Waals surface area contributed by atoms with Crippen molar-refractivity contribution in [2.45, 2.75) is 13.0 Å². The Hall–Kier alpha value is -0.610. The van der Waals surface area contributed by atoms with Gasteiger partial charge in [0.05, 0.1) is 4.47 Å². The van der Waals surface area contributed by atoms with Crippen LogP contribution in [0.3, 0.4) is 0 Å². The largest absolute Gasteiger partial charge is 0.505 e. The number of hydrogen-bond donors (Lipinski definition) is 2. The van der Waals surface area contributed by atoms with Crippen LogP contribution in [0, 0.1) is 5.82 Å². The molecule has 0 aromatic heterocycles. The number of phenolic OH excluding ortho intramolecular Hbond substituents is 1. The maximum absolute atomic E-state index is 12.8. The summed E-state index contributed by atoms with van der Waals surface area (Å²) in [5, 5.41) is 9.07. The molecular formula is C8H9BrFNO. The molecule has 1 atom stereocenters. The zero-order valence-corrected chi connectivity index (χ0v) is 8.10. The van der Waals surface area contributed by atoms with Gasteiger partial charge < -0.3 is 10.8 Å². The van der Waals surface area contributed by atoms with E-state index < -0.39 is 5.82 Å². The zero-order chi connectivity index (χ0) is 9.30.